The van der Waals surface area contributed by atoms with E-state index in [1.165, 1.54) is 25.7 Å². The number of esters is 1. The molecule has 0 aromatic rings. The highest BCUT2D eigenvalue weighted by atomic mass is 16.6. The molecule has 0 unspecified atom stereocenters. The minimum Gasteiger partial charge on any atom is -0.457 e. The molecule has 6 heteroatoms. The van der Waals surface area contributed by atoms with Gasteiger partial charge < -0.3 is 24.8 Å². The number of aliphatic hydroxyl groups is 3. The summed E-state index contributed by atoms with van der Waals surface area (Å²) < 4.78 is 10.3. The van der Waals surface area contributed by atoms with Crippen LogP contribution in [0.25, 0.3) is 0 Å². The van der Waals surface area contributed by atoms with Crippen LogP contribution in [0.1, 0.15) is 58.3 Å². The highest BCUT2D eigenvalue weighted by molar-refractivity contribution is 5.69. The molecule has 4 atom stereocenters. The van der Waals surface area contributed by atoms with Crippen LogP contribution in [-0.4, -0.2) is 58.9 Å². The number of carbonyl (C=O) groups is 1. The summed E-state index contributed by atoms with van der Waals surface area (Å²) in [7, 11) is 0. The first-order valence-electron chi connectivity index (χ1n) is 8.38. The van der Waals surface area contributed by atoms with Crippen molar-refractivity contribution in [2.45, 2.75) is 82.7 Å². The van der Waals surface area contributed by atoms with E-state index in [1.807, 2.05) is 0 Å². The van der Waals surface area contributed by atoms with Gasteiger partial charge in [0.2, 0.25) is 0 Å². The van der Waals surface area contributed by atoms with Gasteiger partial charge in [0.05, 0.1) is 13.2 Å². The van der Waals surface area contributed by atoms with E-state index in [0.717, 1.165) is 19.3 Å². The van der Waals surface area contributed by atoms with E-state index < -0.39 is 37.0 Å². The molecule has 6 nitrogen and oxygen atoms in total. The highest BCUT2D eigenvalue weighted by Gasteiger charge is 2.41. The van der Waals surface area contributed by atoms with Crippen LogP contribution in [0.5, 0.6) is 0 Å². The van der Waals surface area contributed by atoms with Crippen molar-refractivity contribution < 1.29 is 29.6 Å². The molecule has 0 saturated carbocycles. The predicted molar refractivity (Wildman–Crippen MR) is 81.3 cm³/mol. The Labute approximate surface area is 132 Å². The van der Waals surface area contributed by atoms with Crippen molar-refractivity contribution in [3.8, 4) is 0 Å². The number of aliphatic hydroxyl groups excluding tert-OH is 3. The zero-order valence-corrected chi connectivity index (χ0v) is 13.4. The Kier molecular flexibility index (Phi) is 9.63. The van der Waals surface area contributed by atoms with Gasteiger partial charge in [-0.15, -0.1) is 0 Å². The summed E-state index contributed by atoms with van der Waals surface area (Å²) in [5.74, 6) is -0.398. The molecular weight excluding hydrogens is 288 g/mol. The third-order valence-electron chi connectivity index (χ3n) is 4.00. The molecular formula is C16H30O6. The predicted octanol–water partition coefficient (Wildman–Crippen LogP) is 1.15. The van der Waals surface area contributed by atoms with Crippen LogP contribution in [-0.2, 0) is 14.3 Å². The average Bonchev–Trinajstić information content (AvgIpc) is 2.84. The lowest BCUT2D eigenvalue weighted by Crippen LogP contribution is -2.43. The summed E-state index contributed by atoms with van der Waals surface area (Å²) in [5.41, 5.74) is 0. The Morgan fingerprint density at radius 2 is 1.82 bits per heavy atom. The van der Waals surface area contributed by atoms with Gasteiger partial charge >= 0.3 is 5.97 Å². The van der Waals surface area contributed by atoms with Crippen LogP contribution in [0.3, 0.4) is 0 Å². The van der Waals surface area contributed by atoms with Crippen LogP contribution >= 0.6 is 0 Å². The zero-order valence-electron chi connectivity index (χ0n) is 13.4. The van der Waals surface area contributed by atoms with E-state index >= 15 is 0 Å². The van der Waals surface area contributed by atoms with Crippen LogP contribution in [0.4, 0.5) is 0 Å². The van der Waals surface area contributed by atoms with Crippen molar-refractivity contribution in [3.63, 3.8) is 0 Å². The quantitative estimate of drug-likeness (QED) is 0.391. The van der Waals surface area contributed by atoms with E-state index in [-0.39, 0.29) is 6.61 Å². The molecule has 1 aliphatic heterocycles. The second-order valence-corrected chi connectivity index (χ2v) is 5.94. The minimum absolute atomic E-state index is 0.0162. The Morgan fingerprint density at radius 3 is 2.36 bits per heavy atom. The van der Waals surface area contributed by atoms with Gasteiger partial charge in [0.1, 0.15) is 18.3 Å². The van der Waals surface area contributed by atoms with Crippen molar-refractivity contribution in [1.29, 1.82) is 0 Å². The molecule has 0 amide bonds. The lowest BCUT2D eigenvalue weighted by atomic mass is 10.1. The molecule has 0 bridgehead atoms. The third-order valence-corrected chi connectivity index (χ3v) is 4.00. The summed E-state index contributed by atoms with van der Waals surface area (Å²) in [6.45, 7) is 1.73. The number of unbranched alkanes of at least 4 members (excludes halogenated alkanes) is 6. The minimum atomic E-state index is -1.14. The van der Waals surface area contributed by atoms with Gasteiger partial charge in [-0.05, 0) is 6.42 Å². The number of ether oxygens (including phenoxy) is 2. The fraction of sp³-hybridized carbons (Fsp3) is 0.938. The van der Waals surface area contributed by atoms with Crippen LogP contribution in [0.2, 0.25) is 0 Å². The van der Waals surface area contributed by atoms with Gasteiger partial charge in [-0.25, -0.2) is 0 Å². The van der Waals surface area contributed by atoms with Gasteiger partial charge in [0.25, 0.3) is 0 Å². The number of hydrogen-bond donors (Lipinski definition) is 3. The van der Waals surface area contributed by atoms with Crippen LogP contribution in [0.15, 0.2) is 0 Å². The second kappa shape index (κ2) is 10.9. The molecule has 0 aromatic heterocycles. The Bertz CT molecular complexity index is 309. The number of carbonyl (C=O) groups excluding carboxylic acids is 1. The molecule has 0 aromatic carbocycles. The summed E-state index contributed by atoms with van der Waals surface area (Å²) in [5, 5.41) is 28.4. The molecule has 1 aliphatic rings. The number of hydrogen-bond acceptors (Lipinski definition) is 6. The lowest BCUT2D eigenvalue weighted by molar-refractivity contribution is -0.162. The SMILES string of the molecule is CCCCCCCCCC(=O)O[C@H](CO)[C@H]1OC[C@H](O)[C@H]1O. The lowest BCUT2D eigenvalue weighted by Gasteiger charge is -2.24. The summed E-state index contributed by atoms with van der Waals surface area (Å²) in [4.78, 5) is 11.8. The first-order chi connectivity index (χ1) is 10.6. The molecule has 22 heavy (non-hydrogen) atoms. The molecule has 130 valence electrons. The van der Waals surface area contributed by atoms with Crippen molar-refractivity contribution in [1.82, 2.24) is 0 Å². The van der Waals surface area contributed by atoms with E-state index in [4.69, 9.17) is 9.47 Å². The molecule has 0 radical (unpaired) electrons. The van der Waals surface area contributed by atoms with E-state index in [9.17, 15) is 20.1 Å². The van der Waals surface area contributed by atoms with Crippen molar-refractivity contribution >= 4 is 5.97 Å². The molecule has 3 N–H and O–H groups in total. The largest absolute Gasteiger partial charge is 0.457 e. The van der Waals surface area contributed by atoms with Crippen molar-refractivity contribution in [3.05, 3.63) is 0 Å². The molecule has 1 fully saturated rings. The topological polar surface area (TPSA) is 96.2 Å². The maximum absolute atomic E-state index is 11.8. The Hall–Kier alpha value is -0.690. The fourth-order valence-electron chi connectivity index (χ4n) is 2.62. The highest BCUT2D eigenvalue weighted by Crippen LogP contribution is 2.20. The van der Waals surface area contributed by atoms with Crippen LogP contribution < -0.4 is 0 Å². The Morgan fingerprint density at radius 1 is 1.18 bits per heavy atom. The second-order valence-electron chi connectivity index (χ2n) is 5.94. The average molecular weight is 318 g/mol. The fourth-order valence-corrected chi connectivity index (χ4v) is 2.62. The summed E-state index contributed by atoms with van der Waals surface area (Å²) in [6.07, 6.45) is 4.17. The van der Waals surface area contributed by atoms with Crippen molar-refractivity contribution in [2.24, 2.45) is 0 Å². The first-order valence-corrected chi connectivity index (χ1v) is 8.38. The molecule has 1 rings (SSSR count). The molecule has 0 aliphatic carbocycles. The number of rotatable bonds is 11. The maximum atomic E-state index is 11.8. The van der Waals surface area contributed by atoms with Gasteiger partial charge in [0.15, 0.2) is 6.10 Å². The molecule has 0 spiro atoms. The van der Waals surface area contributed by atoms with E-state index in [2.05, 4.69) is 6.92 Å². The molecule has 1 heterocycles. The monoisotopic (exact) mass is 318 g/mol. The summed E-state index contributed by atoms with van der Waals surface area (Å²) >= 11 is 0. The van der Waals surface area contributed by atoms with Gasteiger partial charge in [-0.1, -0.05) is 45.4 Å². The standard InChI is InChI=1S/C16H30O6/c1-2-3-4-5-6-7-8-9-14(19)22-13(10-17)16-15(20)12(18)11-21-16/h12-13,15-18,20H,2-11H2,1H3/t12-,13+,15+,16+/m0/s1. The smallest absolute Gasteiger partial charge is 0.306 e. The van der Waals surface area contributed by atoms with E-state index in [1.54, 1.807) is 0 Å². The molecule has 1 saturated heterocycles. The third kappa shape index (κ3) is 6.60. The van der Waals surface area contributed by atoms with Crippen LogP contribution in [0, 0.1) is 0 Å². The zero-order chi connectivity index (χ0) is 16.4. The van der Waals surface area contributed by atoms with Gasteiger partial charge in [-0.2, -0.15) is 0 Å². The normalized spacial score (nSPS) is 26.1. The van der Waals surface area contributed by atoms with Gasteiger partial charge in [0, 0.05) is 6.42 Å². The van der Waals surface area contributed by atoms with Crippen molar-refractivity contribution in [2.75, 3.05) is 13.2 Å². The Balaban J connectivity index is 2.17. The van der Waals surface area contributed by atoms with Gasteiger partial charge in [-0.3, -0.25) is 4.79 Å². The maximum Gasteiger partial charge on any atom is 0.306 e. The van der Waals surface area contributed by atoms with E-state index in [0.29, 0.717) is 6.42 Å². The summed E-state index contributed by atoms with van der Waals surface area (Å²) in [6, 6.07) is 0. The first kappa shape index (κ1) is 19.4.